The second-order valence-electron chi connectivity index (χ2n) is 8.79. The summed E-state index contributed by atoms with van der Waals surface area (Å²) in [5, 5.41) is 6.32. The summed E-state index contributed by atoms with van der Waals surface area (Å²) in [6.45, 7) is 5.85. The molecule has 2 heterocycles. The monoisotopic (exact) mass is 469 g/mol. The zero-order chi connectivity index (χ0) is 24.2. The number of amides is 2. The molecule has 9 nitrogen and oxygen atoms in total. The maximum Gasteiger partial charge on any atom is 0.257 e. The highest BCUT2D eigenvalue weighted by molar-refractivity contribution is 6.06. The average Bonchev–Trinajstić information content (AvgIpc) is 3.31. The third-order valence-corrected chi connectivity index (χ3v) is 6.12. The number of benzene rings is 2. The minimum absolute atomic E-state index is 0.0884. The van der Waals surface area contributed by atoms with Gasteiger partial charge in [-0.2, -0.15) is 0 Å². The lowest BCUT2D eigenvalue weighted by atomic mass is 10.0. The van der Waals surface area contributed by atoms with Gasteiger partial charge in [-0.3, -0.25) is 9.59 Å². The maximum absolute atomic E-state index is 13.4. The Balaban J connectivity index is 1.58. The van der Waals surface area contributed by atoms with Gasteiger partial charge in [0.2, 0.25) is 6.79 Å². The Bertz CT molecular complexity index is 1060. The van der Waals surface area contributed by atoms with Gasteiger partial charge >= 0.3 is 0 Å². The standard InChI is InChI=1S/C25H31N3O6/c1-15-11-26-16(2)13-32-20-8-6-18(10-19(20)25(30)28(3)12-23(15)31-4)27-24(29)17-5-7-21-22(9-17)34-14-33-21/h5-10,15-16,23,26H,11-14H2,1-4H3,(H,27,29)/t15-,16-,23+/m0/s1. The van der Waals surface area contributed by atoms with Crippen LogP contribution in [0.4, 0.5) is 5.69 Å². The number of hydrogen-bond acceptors (Lipinski definition) is 7. The number of fused-ring (bicyclic) bond motifs is 2. The van der Waals surface area contributed by atoms with Crippen molar-refractivity contribution in [1.82, 2.24) is 10.2 Å². The minimum Gasteiger partial charge on any atom is -0.491 e. The summed E-state index contributed by atoms with van der Waals surface area (Å²) in [4.78, 5) is 27.8. The van der Waals surface area contributed by atoms with E-state index in [-0.39, 0.29) is 36.7 Å². The summed E-state index contributed by atoms with van der Waals surface area (Å²) in [7, 11) is 3.40. The Morgan fingerprint density at radius 2 is 1.85 bits per heavy atom. The highest BCUT2D eigenvalue weighted by atomic mass is 16.7. The van der Waals surface area contributed by atoms with Crippen LogP contribution in [-0.4, -0.2) is 69.5 Å². The van der Waals surface area contributed by atoms with Gasteiger partial charge in [0.15, 0.2) is 11.5 Å². The summed E-state index contributed by atoms with van der Waals surface area (Å²) in [5.74, 6) is 1.28. The van der Waals surface area contributed by atoms with Gasteiger partial charge in [-0.15, -0.1) is 0 Å². The van der Waals surface area contributed by atoms with Crippen molar-refractivity contribution in [2.45, 2.75) is 26.0 Å². The third-order valence-electron chi connectivity index (χ3n) is 6.12. The number of carbonyl (C=O) groups is 2. The summed E-state index contributed by atoms with van der Waals surface area (Å²) in [5.41, 5.74) is 1.29. The lowest BCUT2D eigenvalue weighted by Crippen LogP contribution is -2.44. The van der Waals surface area contributed by atoms with Crippen LogP contribution in [0.3, 0.4) is 0 Å². The van der Waals surface area contributed by atoms with Crippen LogP contribution in [0.1, 0.15) is 34.6 Å². The zero-order valence-electron chi connectivity index (χ0n) is 19.9. The quantitative estimate of drug-likeness (QED) is 0.713. The van der Waals surface area contributed by atoms with E-state index < -0.39 is 0 Å². The van der Waals surface area contributed by atoms with Gasteiger partial charge in [-0.05, 0) is 49.2 Å². The molecular formula is C25H31N3O6. The Morgan fingerprint density at radius 3 is 2.65 bits per heavy atom. The molecule has 0 unspecified atom stereocenters. The molecule has 0 aromatic heterocycles. The van der Waals surface area contributed by atoms with Gasteiger partial charge in [0.1, 0.15) is 12.4 Å². The topological polar surface area (TPSA) is 98.4 Å². The van der Waals surface area contributed by atoms with Crippen molar-refractivity contribution in [2.24, 2.45) is 5.92 Å². The molecule has 0 fully saturated rings. The molecule has 0 saturated carbocycles. The lowest BCUT2D eigenvalue weighted by molar-refractivity contribution is 0.0281. The molecular weight excluding hydrogens is 438 g/mol. The summed E-state index contributed by atoms with van der Waals surface area (Å²) < 4.78 is 22.3. The van der Waals surface area contributed by atoms with E-state index in [1.165, 1.54) is 0 Å². The number of likely N-dealkylation sites (N-methyl/N-ethyl adjacent to an activating group) is 1. The number of methoxy groups -OCH3 is 1. The molecule has 9 heteroatoms. The number of carbonyl (C=O) groups excluding carboxylic acids is 2. The van der Waals surface area contributed by atoms with E-state index in [0.717, 1.165) is 6.54 Å². The van der Waals surface area contributed by atoms with Crippen LogP contribution in [0.2, 0.25) is 0 Å². The highest BCUT2D eigenvalue weighted by Crippen LogP contribution is 2.33. The maximum atomic E-state index is 13.4. The van der Waals surface area contributed by atoms with Crippen molar-refractivity contribution in [1.29, 1.82) is 0 Å². The van der Waals surface area contributed by atoms with Crippen molar-refractivity contribution in [3.05, 3.63) is 47.5 Å². The van der Waals surface area contributed by atoms with E-state index in [0.29, 0.717) is 47.2 Å². The number of hydrogen-bond donors (Lipinski definition) is 2. The fourth-order valence-corrected chi connectivity index (χ4v) is 3.98. The molecule has 0 bridgehead atoms. The van der Waals surface area contributed by atoms with E-state index in [4.69, 9.17) is 18.9 Å². The number of anilines is 1. The van der Waals surface area contributed by atoms with Gasteiger partial charge in [-0.1, -0.05) is 6.92 Å². The fourth-order valence-electron chi connectivity index (χ4n) is 3.98. The molecule has 0 radical (unpaired) electrons. The average molecular weight is 470 g/mol. The fraction of sp³-hybridized carbons (Fsp3) is 0.440. The third kappa shape index (κ3) is 5.26. The molecule has 2 aromatic rings. The molecule has 2 amide bonds. The molecule has 0 aliphatic carbocycles. The number of nitrogens with zero attached hydrogens (tertiary/aromatic N) is 1. The Kier molecular flexibility index (Phi) is 7.23. The van der Waals surface area contributed by atoms with E-state index in [1.54, 1.807) is 55.5 Å². The van der Waals surface area contributed by atoms with Crippen molar-refractivity contribution in [3.63, 3.8) is 0 Å². The summed E-state index contributed by atoms with van der Waals surface area (Å²) >= 11 is 0. The summed E-state index contributed by atoms with van der Waals surface area (Å²) in [6, 6.07) is 10.2. The largest absolute Gasteiger partial charge is 0.491 e. The molecule has 2 aromatic carbocycles. The van der Waals surface area contributed by atoms with Gasteiger partial charge in [0.25, 0.3) is 11.8 Å². The van der Waals surface area contributed by atoms with E-state index in [2.05, 4.69) is 17.6 Å². The molecule has 0 spiro atoms. The van der Waals surface area contributed by atoms with Crippen LogP contribution in [0.5, 0.6) is 17.2 Å². The molecule has 34 heavy (non-hydrogen) atoms. The minimum atomic E-state index is -0.320. The first-order valence-corrected chi connectivity index (χ1v) is 11.3. The van der Waals surface area contributed by atoms with E-state index >= 15 is 0 Å². The van der Waals surface area contributed by atoms with Gasteiger partial charge in [0.05, 0.1) is 11.7 Å². The van der Waals surface area contributed by atoms with Crippen molar-refractivity contribution in [3.8, 4) is 17.2 Å². The van der Waals surface area contributed by atoms with Gasteiger partial charge < -0.3 is 34.5 Å². The normalized spacial score (nSPS) is 22.8. The van der Waals surface area contributed by atoms with E-state index in [1.807, 2.05) is 6.92 Å². The second kappa shape index (κ2) is 10.3. The molecule has 2 aliphatic heterocycles. The Labute approximate surface area is 199 Å². The number of ether oxygens (including phenoxy) is 4. The molecule has 182 valence electrons. The van der Waals surface area contributed by atoms with Crippen LogP contribution in [-0.2, 0) is 4.74 Å². The molecule has 0 saturated heterocycles. The Morgan fingerprint density at radius 1 is 1.09 bits per heavy atom. The van der Waals surface area contributed by atoms with Crippen molar-refractivity contribution < 1.29 is 28.5 Å². The Hall–Kier alpha value is -3.30. The molecule has 2 N–H and O–H groups in total. The number of nitrogens with one attached hydrogen (secondary N) is 2. The smallest absolute Gasteiger partial charge is 0.257 e. The van der Waals surface area contributed by atoms with Gasteiger partial charge in [-0.25, -0.2) is 0 Å². The first kappa shape index (κ1) is 23.8. The lowest BCUT2D eigenvalue weighted by Gasteiger charge is -2.30. The van der Waals surface area contributed by atoms with Crippen molar-refractivity contribution >= 4 is 17.5 Å². The van der Waals surface area contributed by atoms with Crippen LogP contribution < -0.4 is 24.8 Å². The number of rotatable bonds is 3. The van der Waals surface area contributed by atoms with E-state index in [9.17, 15) is 9.59 Å². The van der Waals surface area contributed by atoms with Crippen LogP contribution in [0.15, 0.2) is 36.4 Å². The molecule has 4 rings (SSSR count). The first-order valence-electron chi connectivity index (χ1n) is 11.3. The van der Waals surface area contributed by atoms with Crippen molar-refractivity contribution in [2.75, 3.05) is 46.0 Å². The molecule has 3 atom stereocenters. The van der Waals surface area contributed by atoms with Gasteiger partial charge in [0, 0.05) is 44.5 Å². The summed E-state index contributed by atoms with van der Waals surface area (Å²) in [6.07, 6.45) is -0.119. The van der Waals surface area contributed by atoms with Crippen LogP contribution in [0.25, 0.3) is 0 Å². The van der Waals surface area contributed by atoms with Crippen LogP contribution in [0, 0.1) is 5.92 Å². The first-order chi connectivity index (χ1) is 16.4. The predicted octanol–water partition coefficient (Wildman–Crippen LogP) is 2.76. The SMILES string of the molecule is CO[C@@H]1CN(C)C(=O)c2cc(NC(=O)c3ccc4c(c3)OCO4)ccc2OC[C@H](C)NC[C@@H]1C. The predicted molar refractivity (Wildman–Crippen MR) is 127 cm³/mol. The van der Waals surface area contributed by atoms with Crippen LogP contribution >= 0.6 is 0 Å². The second-order valence-corrected chi connectivity index (χ2v) is 8.79. The molecule has 2 aliphatic rings. The zero-order valence-corrected chi connectivity index (χ0v) is 19.9. The highest BCUT2D eigenvalue weighted by Gasteiger charge is 2.26.